The number of benzene rings is 1. The summed E-state index contributed by atoms with van der Waals surface area (Å²) in [6.45, 7) is 0. The molecule has 0 heterocycles. The van der Waals surface area contributed by atoms with Gasteiger partial charge in [-0.2, -0.15) is 0 Å². The van der Waals surface area contributed by atoms with Crippen LogP contribution in [-0.4, -0.2) is 33.4 Å². The van der Waals surface area contributed by atoms with Crippen LogP contribution in [0.2, 0.25) is 0 Å². The van der Waals surface area contributed by atoms with Gasteiger partial charge in [0.25, 0.3) is 5.91 Å². The number of hydrogen-bond donors (Lipinski definition) is 0. The van der Waals surface area contributed by atoms with Gasteiger partial charge in [0.2, 0.25) is 0 Å². The fourth-order valence-electron chi connectivity index (χ4n) is 3.28. The van der Waals surface area contributed by atoms with E-state index in [1.165, 1.54) is 19.3 Å². The van der Waals surface area contributed by atoms with Gasteiger partial charge in [0.15, 0.2) is 0 Å². The molecular weight excluding hydrogens is 282 g/mol. The molecule has 0 bridgehead atoms. The molecule has 1 atom stereocenters. The van der Waals surface area contributed by atoms with E-state index in [2.05, 4.69) is 4.90 Å². The molecule has 0 N–H and O–H groups in total. The first-order chi connectivity index (χ1) is 10.2. The van der Waals surface area contributed by atoms with Gasteiger partial charge in [0, 0.05) is 39.6 Å². The third kappa shape index (κ3) is 3.37. The van der Waals surface area contributed by atoms with Crippen LogP contribution < -0.4 is 0 Å². The molecule has 0 aromatic heterocycles. The van der Waals surface area contributed by atoms with Crippen LogP contribution in [0.15, 0.2) is 29.2 Å². The zero-order valence-electron chi connectivity index (χ0n) is 12.6. The number of amides is 1. The molecule has 0 aliphatic heterocycles. The van der Waals surface area contributed by atoms with Crippen molar-refractivity contribution >= 4 is 16.7 Å². The van der Waals surface area contributed by atoms with Crippen molar-refractivity contribution in [3.63, 3.8) is 0 Å². The standard InChI is InChI=1S/C17H23NO2S/c1-21(20)16-11-7-13(8-12-16)17(19)18(15-9-10-15)14-5-3-2-4-6-14/h7-8,11-12,14-15H,2-6,9-10H2,1H3/t21-/m0/s1. The van der Waals surface area contributed by atoms with Crippen LogP contribution in [0.3, 0.4) is 0 Å². The van der Waals surface area contributed by atoms with E-state index in [-0.39, 0.29) is 5.91 Å². The summed E-state index contributed by atoms with van der Waals surface area (Å²) in [5.41, 5.74) is 0.738. The lowest BCUT2D eigenvalue weighted by molar-refractivity contribution is 0.0614. The average Bonchev–Trinajstić information content (AvgIpc) is 3.33. The minimum atomic E-state index is -0.987. The Morgan fingerprint density at radius 3 is 2.10 bits per heavy atom. The van der Waals surface area contributed by atoms with E-state index in [1.807, 2.05) is 24.3 Å². The molecule has 3 rings (SSSR count). The molecule has 2 aliphatic carbocycles. The first-order valence-electron chi connectivity index (χ1n) is 7.93. The van der Waals surface area contributed by atoms with Crippen LogP contribution in [0.25, 0.3) is 0 Å². The van der Waals surface area contributed by atoms with Crippen LogP contribution in [-0.2, 0) is 10.8 Å². The molecular formula is C17H23NO2S. The Labute approximate surface area is 129 Å². The summed E-state index contributed by atoms with van der Waals surface area (Å²) in [5.74, 6) is 0.165. The number of carbonyl (C=O) groups excluding carboxylic acids is 1. The Kier molecular flexibility index (Phi) is 4.43. The number of carbonyl (C=O) groups is 1. The van der Waals surface area contributed by atoms with Gasteiger partial charge in [-0.3, -0.25) is 9.00 Å². The molecule has 2 fully saturated rings. The van der Waals surface area contributed by atoms with Crippen molar-refractivity contribution < 1.29 is 9.00 Å². The van der Waals surface area contributed by atoms with E-state index in [0.717, 1.165) is 36.1 Å². The molecule has 0 spiro atoms. The van der Waals surface area contributed by atoms with Gasteiger partial charge in [-0.05, 0) is 49.9 Å². The molecule has 21 heavy (non-hydrogen) atoms. The van der Waals surface area contributed by atoms with Gasteiger partial charge in [0.1, 0.15) is 0 Å². The summed E-state index contributed by atoms with van der Waals surface area (Å²) >= 11 is 0. The highest BCUT2D eigenvalue weighted by Gasteiger charge is 2.37. The number of rotatable bonds is 4. The van der Waals surface area contributed by atoms with E-state index in [4.69, 9.17) is 0 Å². The quantitative estimate of drug-likeness (QED) is 0.855. The molecule has 1 aromatic rings. The maximum atomic E-state index is 12.9. The zero-order valence-corrected chi connectivity index (χ0v) is 13.4. The van der Waals surface area contributed by atoms with Gasteiger partial charge in [-0.15, -0.1) is 0 Å². The maximum absolute atomic E-state index is 12.9. The fraction of sp³-hybridized carbons (Fsp3) is 0.588. The van der Waals surface area contributed by atoms with Gasteiger partial charge >= 0.3 is 0 Å². The van der Waals surface area contributed by atoms with Crippen LogP contribution in [0.5, 0.6) is 0 Å². The Morgan fingerprint density at radius 2 is 1.57 bits per heavy atom. The summed E-state index contributed by atoms with van der Waals surface area (Å²) < 4.78 is 11.4. The molecule has 0 radical (unpaired) electrons. The summed E-state index contributed by atoms with van der Waals surface area (Å²) in [7, 11) is -0.987. The highest BCUT2D eigenvalue weighted by Crippen LogP contribution is 2.34. The second-order valence-corrected chi connectivity index (χ2v) is 7.59. The first-order valence-corrected chi connectivity index (χ1v) is 9.49. The summed E-state index contributed by atoms with van der Waals surface area (Å²) in [5, 5.41) is 0. The zero-order chi connectivity index (χ0) is 14.8. The monoisotopic (exact) mass is 305 g/mol. The van der Waals surface area contributed by atoms with Crippen molar-refractivity contribution in [2.75, 3.05) is 6.26 Å². The van der Waals surface area contributed by atoms with E-state index >= 15 is 0 Å². The summed E-state index contributed by atoms with van der Waals surface area (Å²) in [4.78, 5) is 15.8. The van der Waals surface area contributed by atoms with Crippen LogP contribution >= 0.6 is 0 Å². The molecule has 2 aliphatic rings. The molecule has 2 saturated carbocycles. The van der Waals surface area contributed by atoms with Crippen molar-refractivity contribution in [2.45, 2.75) is 61.9 Å². The Balaban J connectivity index is 1.78. The molecule has 114 valence electrons. The van der Waals surface area contributed by atoms with E-state index in [9.17, 15) is 9.00 Å². The Morgan fingerprint density at radius 1 is 1.00 bits per heavy atom. The van der Waals surface area contributed by atoms with Crippen molar-refractivity contribution in [1.29, 1.82) is 0 Å². The van der Waals surface area contributed by atoms with E-state index in [0.29, 0.717) is 12.1 Å². The molecule has 3 nitrogen and oxygen atoms in total. The van der Waals surface area contributed by atoms with Crippen molar-refractivity contribution in [1.82, 2.24) is 4.90 Å². The van der Waals surface area contributed by atoms with Gasteiger partial charge < -0.3 is 4.90 Å². The van der Waals surface area contributed by atoms with Crippen molar-refractivity contribution in [2.24, 2.45) is 0 Å². The number of nitrogens with zero attached hydrogens (tertiary/aromatic N) is 1. The van der Waals surface area contributed by atoms with Crippen LogP contribution in [0.1, 0.15) is 55.3 Å². The van der Waals surface area contributed by atoms with Crippen molar-refractivity contribution in [3.8, 4) is 0 Å². The molecule has 1 amide bonds. The SMILES string of the molecule is C[S@](=O)c1ccc(C(=O)N(C2CCCCC2)C2CC2)cc1. The molecule has 4 heteroatoms. The lowest BCUT2D eigenvalue weighted by Gasteiger charge is -2.34. The van der Waals surface area contributed by atoms with Crippen LogP contribution in [0, 0.1) is 0 Å². The summed E-state index contributed by atoms with van der Waals surface area (Å²) in [6, 6.07) is 8.18. The number of hydrogen-bond acceptors (Lipinski definition) is 2. The van der Waals surface area contributed by atoms with Gasteiger partial charge in [0.05, 0.1) is 0 Å². The predicted molar refractivity (Wildman–Crippen MR) is 84.8 cm³/mol. The molecule has 0 saturated heterocycles. The normalized spacial score (nSPS) is 21.0. The lowest BCUT2D eigenvalue weighted by atomic mass is 9.93. The smallest absolute Gasteiger partial charge is 0.254 e. The highest BCUT2D eigenvalue weighted by atomic mass is 32.2. The Hall–Kier alpha value is -1.16. The average molecular weight is 305 g/mol. The minimum Gasteiger partial charge on any atom is -0.333 e. The third-order valence-electron chi connectivity index (χ3n) is 4.58. The van der Waals surface area contributed by atoms with Gasteiger partial charge in [-0.1, -0.05) is 19.3 Å². The minimum absolute atomic E-state index is 0.165. The van der Waals surface area contributed by atoms with E-state index in [1.54, 1.807) is 6.26 Å². The molecule has 1 aromatic carbocycles. The fourth-order valence-corrected chi connectivity index (χ4v) is 3.80. The van der Waals surface area contributed by atoms with Crippen molar-refractivity contribution in [3.05, 3.63) is 29.8 Å². The second-order valence-electron chi connectivity index (χ2n) is 6.21. The largest absolute Gasteiger partial charge is 0.333 e. The first kappa shape index (κ1) is 14.8. The highest BCUT2D eigenvalue weighted by molar-refractivity contribution is 7.84. The van der Waals surface area contributed by atoms with Crippen LogP contribution in [0.4, 0.5) is 0 Å². The van der Waals surface area contributed by atoms with Gasteiger partial charge in [-0.25, -0.2) is 0 Å². The third-order valence-corrected chi connectivity index (χ3v) is 5.51. The maximum Gasteiger partial charge on any atom is 0.254 e. The Bertz CT molecular complexity index is 530. The summed E-state index contributed by atoms with van der Waals surface area (Å²) in [6.07, 6.45) is 10.1. The topological polar surface area (TPSA) is 37.4 Å². The predicted octanol–water partition coefficient (Wildman–Crippen LogP) is 3.36. The second kappa shape index (κ2) is 6.30. The molecule has 0 unspecified atom stereocenters. The lowest BCUT2D eigenvalue weighted by Crippen LogP contribution is -2.43. The van der Waals surface area contributed by atoms with E-state index < -0.39 is 10.8 Å².